The first-order valence-electron chi connectivity index (χ1n) is 4.95. The fourth-order valence-corrected chi connectivity index (χ4v) is 2.24. The van der Waals surface area contributed by atoms with E-state index in [0.717, 1.165) is 20.2 Å². The molecule has 3 aromatic rings. The second-order valence-corrected chi connectivity index (χ2v) is 4.63. The van der Waals surface area contributed by atoms with Gasteiger partial charge in [0, 0.05) is 3.57 Å². The van der Waals surface area contributed by atoms with Gasteiger partial charge in [-0.1, -0.05) is 24.3 Å². The largest absolute Gasteiger partial charge is 0.436 e. The van der Waals surface area contributed by atoms with Crippen molar-refractivity contribution in [2.45, 2.75) is 0 Å². The molecule has 0 saturated carbocycles. The van der Waals surface area contributed by atoms with Crippen LogP contribution in [0.3, 0.4) is 0 Å². The highest BCUT2D eigenvalue weighted by Crippen LogP contribution is 2.27. The quantitative estimate of drug-likeness (QED) is 0.631. The van der Waals surface area contributed by atoms with Gasteiger partial charge in [0.05, 0.1) is 5.56 Å². The number of oxazole rings is 1. The lowest BCUT2D eigenvalue weighted by molar-refractivity contribution is 0.619. The summed E-state index contributed by atoms with van der Waals surface area (Å²) in [5, 5.41) is 0. The SMILES string of the molecule is Ic1ccccc1-c1nc2ccccc2o1. The van der Waals surface area contributed by atoms with E-state index in [2.05, 4.69) is 27.6 Å². The molecule has 0 aliphatic rings. The minimum absolute atomic E-state index is 0.686. The van der Waals surface area contributed by atoms with Crippen LogP contribution >= 0.6 is 22.6 Å². The molecule has 0 N–H and O–H groups in total. The van der Waals surface area contributed by atoms with E-state index in [1.807, 2.05) is 48.5 Å². The Morgan fingerprint density at radius 1 is 0.938 bits per heavy atom. The molecule has 78 valence electrons. The Balaban J connectivity index is 2.23. The molecular formula is C13H8INO. The van der Waals surface area contributed by atoms with Crippen LogP contribution < -0.4 is 0 Å². The van der Waals surface area contributed by atoms with Gasteiger partial charge in [0.15, 0.2) is 5.58 Å². The lowest BCUT2D eigenvalue weighted by Crippen LogP contribution is -1.80. The summed E-state index contributed by atoms with van der Waals surface area (Å²) >= 11 is 2.29. The highest BCUT2D eigenvalue weighted by molar-refractivity contribution is 14.1. The second kappa shape index (κ2) is 3.90. The van der Waals surface area contributed by atoms with Crippen LogP contribution in [0.5, 0.6) is 0 Å². The fourth-order valence-electron chi connectivity index (χ4n) is 1.62. The first kappa shape index (κ1) is 9.84. The number of aromatic nitrogens is 1. The van der Waals surface area contributed by atoms with Crippen molar-refractivity contribution in [2.24, 2.45) is 0 Å². The third kappa shape index (κ3) is 1.61. The van der Waals surface area contributed by atoms with Crippen LogP contribution in [0.15, 0.2) is 52.9 Å². The summed E-state index contributed by atoms with van der Waals surface area (Å²) in [6.07, 6.45) is 0. The van der Waals surface area contributed by atoms with E-state index in [0.29, 0.717) is 5.89 Å². The van der Waals surface area contributed by atoms with Crippen LogP contribution in [0.1, 0.15) is 0 Å². The van der Waals surface area contributed by atoms with Crippen LogP contribution in [0.2, 0.25) is 0 Å². The van der Waals surface area contributed by atoms with Gasteiger partial charge in [-0.3, -0.25) is 0 Å². The first-order valence-corrected chi connectivity index (χ1v) is 6.03. The van der Waals surface area contributed by atoms with Crippen molar-refractivity contribution in [3.8, 4) is 11.5 Å². The van der Waals surface area contributed by atoms with E-state index in [9.17, 15) is 0 Å². The minimum Gasteiger partial charge on any atom is -0.436 e. The van der Waals surface area contributed by atoms with Gasteiger partial charge in [-0.15, -0.1) is 0 Å². The molecule has 1 heterocycles. The van der Waals surface area contributed by atoms with E-state index < -0.39 is 0 Å². The van der Waals surface area contributed by atoms with Gasteiger partial charge in [0.2, 0.25) is 5.89 Å². The number of benzene rings is 2. The minimum atomic E-state index is 0.686. The molecule has 2 nitrogen and oxygen atoms in total. The zero-order valence-electron chi connectivity index (χ0n) is 8.35. The van der Waals surface area contributed by atoms with E-state index in [1.54, 1.807) is 0 Å². The van der Waals surface area contributed by atoms with Crippen LogP contribution in [0, 0.1) is 3.57 Å². The molecule has 0 atom stereocenters. The molecule has 16 heavy (non-hydrogen) atoms. The number of hydrogen-bond acceptors (Lipinski definition) is 2. The summed E-state index contributed by atoms with van der Waals surface area (Å²) in [5.74, 6) is 0.686. The number of rotatable bonds is 1. The smallest absolute Gasteiger partial charge is 0.228 e. The zero-order chi connectivity index (χ0) is 11.0. The monoisotopic (exact) mass is 321 g/mol. The predicted octanol–water partition coefficient (Wildman–Crippen LogP) is 4.10. The Hall–Kier alpha value is -1.36. The normalized spacial score (nSPS) is 10.8. The molecule has 0 aliphatic heterocycles. The molecule has 0 fully saturated rings. The first-order chi connectivity index (χ1) is 7.84. The lowest BCUT2D eigenvalue weighted by atomic mass is 10.2. The van der Waals surface area contributed by atoms with Gasteiger partial charge in [0.1, 0.15) is 5.52 Å². The van der Waals surface area contributed by atoms with Crippen LogP contribution in [0.25, 0.3) is 22.6 Å². The van der Waals surface area contributed by atoms with Gasteiger partial charge < -0.3 is 4.42 Å². The van der Waals surface area contributed by atoms with Crippen molar-refractivity contribution in [3.05, 3.63) is 52.1 Å². The highest BCUT2D eigenvalue weighted by atomic mass is 127. The molecule has 0 amide bonds. The van der Waals surface area contributed by atoms with Crippen molar-refractivity contribution in [1.82, 2.24) is 4.98 Å². The zero-order valence-corrected chi connectivity index (χ0v) is 10.5. The molecule has 0 radical (unpaired) electrons. The molecule has 2 aromatic carbocycles. The van der Waals surface area contributed by atoms with Gasteiger partial charge in [-0.25, -0.2) is 4.98 Å². The number of para-hydroxylation sites is 2. The van der Waals surface area contributed by atoms with E-state index in [-0.39, 0.29) is 0 Å². The molecule has 0 unspecified atom stereocenters. The van der Waals surface area contributed by atoms with Gasteiger partial charge >= 0.3 is 0 Å². The van der Waals surface area contributed by atoms with Crippen molar-refractivity contribution >= 4 is 33.7 Å². The Kier molecular flexibility index (Phi) is 2.40. The predicted molar refractivity (Wildman–Crippen MR) is 72.2 cm³/mol. The van der Waals surface area contributed by atoms with Gasteiger partial charge in [0.25, 0.3) is 0 Å². The average Bonchev–Trinajstić information content (AvgIpc) is 2.73. The molecule has 3 rings (SSSR count). The number of hydrogen-bond donors (Lipinski definition) is 0. The summed E-state index contributed by atoms with van der Waals surface area (Å²) in [6, 6.07) is 15.9. The Morgan fingerprint density at radius 3 is 2.50 bits per heavy atom. The van der Waals surface area contributed by atoms with Crippen molar-refractivity contribution in [2.75, 3.05) is 0 Å². The Morgan fingerprint density at radius 2 is 1.69 bits per heavy atom. The van der Waals surface area contributed by atoms with Crippen molar-refractivity contribution < 1.29 is 4.42 Å². The van der Waals surface area contributed by atoms with Crippen molar-refractivity contribution in [3.63, 3.8) is 0 Å². The van der Waals surface area contributed by atoms with Crippen LogP contribution in [0.4, 0.5) is 0 Å². The molecular weight excluding hydrogens is 313 g/mol. The van der Waals surface area contributed by atoms with Crippen LogP contribution in [-0.2, 0) is 0 Å². The maximum Gasteiger partial charge on any atom is 0.228 e. The summed E-state index contributed by atoms with van der Waals surface area (Å²) in [5.41, 5.74) is 2.77. The van der Waals surface area contributed by atoms with E-state index in [1.165, 1.54) is 0 Å². The van der Waals surface area contributed by atoms with Crippen molar-refractivity contribution in [1.29, 1.82) is 0 Å². The molecule has 0 aliphatic carbocycles. The Labute approximate surface area is 106 Å². The molecule has 0 spiro atoms. The topological polar surface area (TPSA) is 26.0 Å². The fraction of sp³-hybridized carbons (Fsp3) is 0. The van der Waals surface area contributed by atoms with Crippen LogP contribution in [-0.4, -0.2) is 4.98 Å². The highest BCUT2D eigenvalue weighted by Gasteiger charge is 2.09. The Bertz CT molecular complexity index is 612. The standard InChI is InChI=1S/C13H8INO/c14-10-6-2-1-5-9(10)13-15-11-7-3-4-8-12(11)16-13/h1-8H. The average molecular weight is 321 g/mol. The van der Waals surface area contributed by atoms with Gasteiger partial charge in [-0.2, -0.15) is 0 Å². The molecule has 0 bridgehead atoms. The van der Waals surface area contributed by atoms with Gasteiger partial charge in [-0.05, 0) is 46.9 Å². The maximum atomic E-state index is 5.72. The number of nitrogens with zero attached hydrogens (tertiary/aromatic N) is 1. The third-order valence-electron chi connectivity index (χ3n) is 2.40. The lowest BCUT2D eigenvalue weighted by Gasteiger charge is -1.97. The van der Waals surface area contributed by atoms with E-state index in [4.69, 9.17) is 4.42 Å². The third-order valence-corrected chi connectivity index (χ3v) is 3.34. The second-order valence-electron chi connectivity index (χ2n) is 3.47. The summed E-state index contributed by atoms with van der Waals surface area (Å²) < 4.78 is 6.86. The molecule has 3 heteroatoms. The molecule has 1 aromatic heterocycles. The summed E-state index contributed by atoms with van der Waals surface area (Å²) in [4.78, 5) is 4.47. The summed E-state index contributed by atoms with van der Waals surface area (Å²) in [7, 11) is 0. The number of fused-ring (bicyclic) bond motifs is 1. The molecule has 0 saturated heterocycles. The summed E-state index contributed by atoms with van der Waals surface area (Å²) in [6.45, 7) is 0. The number of halogens is 1. The maximum absolute atomic E-state index is 5.72. The van der Waals surface area contributed by atoms with E-state index >= 15 is 0 Å².